The fraction of sp³-hybridized carbons (Fsp3) is 0.571. The highest BCUT2D eigenvalue weighted by atomic mass is 16.1. The summed E-state index contributed by atoms with van der Waals surface area (Å²) in [5.41, 5.74) is 2.31. The van der Waals surface area contributed by atoms with E-state index in [2.05, 4.69) is 5.10 Å². The first-order valence-corrected chi connectivity index (χ1v) is 3.56. The molecule has 1 aliphatic carbocycles. The van der Waals surface area contributed by atoms with Gasteiger partial charge in [-0.15, -0.1) is 0 Å². The summed E-state index contributed by atoms with van der Waals surface area (Å²) < 4.78 is 1.84. The van der Waals surface area contributed by atoms with Gasteiger partial charge in [0.15, 0.2) is 0 Å². The van der Waals surface area contributed by atoms with E-state index in [0.29, 0.717) is 0 Å². The van der Waals surface area contributed by atoms with Gasteiger partial charge < -0.3 is 0 Å². The molecule has 54 valence electrons. The summed E-state index contributed by atoms with van der Waals surface area (Å²) in [7, 11) is 1.89. The number of H-pyrrole nitrogens is 1. The highest BCUT2D eigenvalue weighted by molar-refractivity contribution is 5.22. The van der Waals surface area contributed by atoms with Crippen LogP contribution in [0.5, 0.6) is 0 Å². The highest BCUT2D eigenvalue weighted by Crippen LogP contribution is 2.16. The van der Waals surface area contributed by atoms with Crippen LogP contribution in [0.1, 0.15) is 17.7 Å². The maximum atomic E-state index is 11.1. The fourth-order valence-electron chi connectivity index (χ4n) is 1.63. The summed E-state index contributed by atoms with van der Waals surface area (Å²) in [6, 6.07) is 0. The maximum Gasteiger partial charge on any atom is 0.267 e. The minimum Gasteiger partial charge on any atom is -0.292 e. The molecule has 3 heteroatoms. The van der Waals surface area contributed by atoms with Crippen molar-refractivity contribution in [1.82, 2.24) is 9.78 Å². The van der Waals surface area contributed by atoms with Crippen molar-refractivity contribution in [3.8, 4) is 0 Å². The van der Waals surface area contributed by atoms with Crippen molar-refractivity contribution in [3.63, 3.8) is 0 Å². The molecule has 1 aliphatic rings. The minimum atomic E-state index is 0.106. The van der Waals surface area contributed by atoms with E-state index in [-0.39, 0.29) is 5.56 Å². The summed E-state index contributed by atoms with van der Waals surface area (Å²) in [5.74, 6) is 0. The molecule has 1 aromatic heterocycles. The average Bonchev–Trinajstić information content (AvgIpc) is 2.39. The van der Waals surface area contributed by atoms with Crippen LogP contribution in [-0.4, -0.2) is 9.78 Å². The maximum absolute atomic E-state index is 11.1. The second-order valence-electron chi connectivity index (χ2n) is 2.78. The fourth-order valence-corrected chi connectivity index (χ4v) is 1.63. The summed E-state index contributed by atoms with van der Waals surface area (Å²) in [5, 5.41) is 2.74. The number of aryl methyl sites for hydroxylation is 1. The number of hydrogen-bond acceptors (Lipinski definition) is 1. The Morgan fingerprint density at radius 2 is 2.30 bits per heavy atom. The second-order valence-corrected chi connectivity index (χ2v) is 2.78. The Kier molecular flexibility index (Phi) is 1.01. The zero-order valence-corrected chi connectivity index (χ0v) is 5.98. The zero-order chi connectivity index (χ0) is 7.14. The Labute approximate surface area is 58.7 Å². The predicted molar refractivity (Wildman–Crippen MR) is 38.1 cm³/mol. The Hall–Kier alpha value is -0.990. The van der Waals surface area contributed by atoms with E-state index in [9.17, 15) is 4.79 Å². The van der Waals surface area contributed by atoms with Gasteiger partial charge in [-0.1, -0.05) is 0 Å². The molecule has 10 heavy (non-hydrogen) atoms. The Bertz CT molecular complexity index is 308. The van der Waals surface area contributed by atoms with E-state index in [1.807, 2.05) is 11.7 Å². The summed E-state index contributed by atoms with van der Waals surface area (Å²) in [4.78, 5) is 11.1. The predicted octanol–water partition coefficient (Wildman–Crippen LogP) is 0.202. The molecule has 0 fully saturated rings. The lowest BCUT2D eigenvalue weighted by atomic mass is 10.3. The minimum absolute atomic E-state index is 0.106. The third kappa shape index (κ3) is 0.574. The van der Waals surface area contributed by atoms with Crippen molar-refractivity contribution in [1.29, 1.82) is 0 Å². The Morgan fingerprint density at radius 3 is 3.00 bits per heavy atom. The van der Waals surface area contributed by atoms with E-state index in [1.54, 1.807) is 0 Å². The van der Waals surface area contributed by atoms with Crippen molar-refractivity contribution in [3.05, 3.63) is 21.6 Å². The summed E-state index contributed by atoms with van der Waals surface area (Å²) in [6.45, 7) is 0. The number of nitrogens with one attached hydrogen (secondary N) is 1. The molecule has 2 rings (SSSR count). The number of rotatable bonds is 0. The van der Waals surface area contributed by atoms with Gasteiger partial charge in [0, 0.05) is 18.3 Å². The van der Waals surface area contributed by atoms with Crippen LogP contribution in [0, 0.1) is 0 Å². The van der Waals surface area contributed by atoms with E-state index < -0.39 is 0 Å². The molecule has 0 radical (unpaired) electrons. The van der Waals surface area contributed by atoms with Gasteiger partial charge in [0.25, 0.3) is 5.56 Å². The standard InChI is InChI=1S/C7H10N2O/c1-9-6-4-2-3-5(6)7(10)8-9/h2-4H2,1H3,(H,8,10). The van der Waals surface area contributed by atoms with Crippen LogP contribution < -0.4 is 5.56 Å². The molecule has 0 amide bonds. The molecular weight excluding hydrogens is 128 g/mol. The first-order valence-electron chi connectivity index (χ1n) is 3.56. The van der Waals surface area contributed by atoms with Gasteiger partial charge in [-0.05, 0) is 19.3 Å². The Balaban J connectivity index is 2.73. The van der Waals surface area contributed by atoms with Crippen molar-refractivity contribution in [2.24, 2.45) is 7.05 Å². The normalized spacial score (nSPS) is 15.7. The number of aromatic amines is 1. The first kappa shape index (κ1) is 5.77. The van der Waals surface area contributed by atoms with Gasteiger partial charge >= 0.3 is 0 Å². The van der Waals surface area contributed by atoms with Gasteiger partial charge in [-0.3, -0.25) is 14.6 Å². The molecule has 0 saturated carbocycles. The number of fused-ring (bicyclic) bond motifs is 1. The smallest absolute Gasteiger partial charge is 0.267 e. The monoisotopic (exact) mass is 138 g/mol. The molecule has 0 unspecified atom stereocenters. The molecule has 1 aromatic rings. The van der Waals surface area contributed by atoms with Crippen molar-refractivity contribution in [2.75, 3.05) is 0 Å². The second kappa shape index (κ2) is 1.75. The van der Waals surface area contributed by atoms with Crippen LogP contribution in [0.2, 0.25) is 0 Å². The molecule has 0 atom stereocenters. The lowest BCUT2D eigenvalue weighted by Gasteiger charge is -1.93. The lowest BCUT2D eigenvalue weighted by Crippen LogP contribution is -2.06. The SMILES string of the molecule is Cn1[nH]c(=O)c2c1CCC2. The van der Waals surface area contributed by atoms with Crippen LogP contribution in [0.25, 0.3) is 0 Å². The molecule has 0 spiro atoms. The number of nitrogens with zero attached hydrogens (tertiary/aromatic N) is 1. The van der Waals surface area contributed by atoms with Crippen LogP contribution in [0.15, 0.2) is 4.79 Å². The summed E-state index contributed by atoms with van der Waals surface area (Å²) in [6.07, 6.45) is 3.17. The van der Waals surface area contributed by atoms with Crippen LogP contribution >= 0.6 is 0 Å². The molecule has 0 bridgehead atoms. The molecule has 0 aromatic carbocycles. The topological polar surface area (TPSA) is 37.8 Å². The highest BCUT2D eigenvalue weighted by Gasteiger charge is 2.17. The van der Waals surface area contributed by atoms with Crippen molar-refractivity contribution in [2.45, 2.75) is 19.3 Å². The van der Waals surface area contributed by atoms with Crippen LogP contribution in [0.3, 0.4) is 0 Å². The zero-order valence-electron chi connectivity index (χ0n) is 5.98. The molecular formula is C7H10N2O. The van der Waals surface area contributed by atoms with Gasteiger partial charge in [0.2, 0.25) is 0 Å². The average molecular weight is 138 g/mol. The van der Waals surface area contributed by atoms with Crippen LogP contribution in [0.4, 0.5) is 0 Å². The molecule has 1 heterocycles. The van der Waals surface area contributed by atoms with Gasteiger partial charge in [-0.2, -0.15) is 0 Å². The quantitative estimate of drug-likeness (QED) is 0.546. The van der Waals surface area contributed by atoms with E-state index in [4.69, 9.17) is 0 Å². The molecule has 0 aliphatic heterocycles. The van der Waals surface area contributed by atoms with Gasteiger partial charge in [-0.25, -0.2) is 0 Å². The van der Waals surface area contributed by atoms with E-state index in [0.717, 1.165) is 24.8 Å². The van der Waals surface area contributed by atoms with Crippen molar-refractivity contribution >= 4 is 0 Å². The van der Waals surface area contributed by atoms with Gasteiger partial charge in [0.1, 0.15) is 0 Å². The third-order valence-corrected chi connectivity index (χ3v) is 2.14. The van der Waals surface area contributed by atoms with E-state index >= 15 is 0 Å². The molecule has 0 saturated heterocycles. The van der Waals surface area contributed by atoms with E-state index in [1.165, 1.54) is 5.69 Å². The molecule has 1 N–H and O–H groups in total. The number of aromatic nitrogens is 2. The van der Waals surface area contributed by atoms with Gasteiger partial charge in [0.05, 0.1) is 0 Å². The third-order valence-electron chi connectivity index (χ3n) is 2.14. The largest absolute Gasteiger partial charge is 0.292 e. The summed E-state index contributed by atoms with van der Waals surface area (Å²) >= 11 is 0. The number of hydrogen-bond donors (Lipinski definition) is 1. The van der Waals surface area contributed by atoms with Crippen LogP contribution in [-0.2, 0) is 19.9 Å². The molecule has 3 nitrogen and oxygen atoms in total. The lowest BCUT2D eigenvalue weighted by molar-refractivity contribution is 0.697. The Morgan fingerprint density at radius 1 is 1.50 bits per heavy atom. The van der Waals surface area contributed by atoms with Crippen molar-refractivity contribution < 1.29 is 0 Å². The first-order chi connectivity index (χ1) is 4.79.